The van der Waals surface area contributed by atoms with Gasteiger partial charge in [0.15, 0.2) is 0 Å². The molecule has 0 unspecified atom stereocenters. The Balaban J connectivity index is 1.50. The summed E-state index contributed by atoms with van der Waals surface area (Å²) in [5.74, 6) is 1.07. The fourth-order valence-electron chi connectivity index (χ4n) is 3.12. The van der Waals surface area contributed by atoms with Gasteiger partial charge >= 0.3 is 0 Å². The first kappa shape index (κ1) is 9.17. The second-order valence-corrected chi connectivity index (χ2v) is 5.55. The Morgan fingerprint density at radius 3 is 2.50 bits per heavy atom. The number of hydrogen-bond acceptors (Lipinski definition) is 2. The fraction of sp³-hybridized carbons (Fsp3) is 1.00. The van der Waals surface area contributed by atoms with Crippen molar-refractivity contribution < 1.29 is 0 Å². The molecule has 0 atom stereocenters. The monoisotopic (exact) mass is 194 g/mol. The molecular weight excluding hydrogens is 172 g/mol. The van der Waals surface area contributed by atoms with Gasteiger partial charge in [0.05, 0.1) is 0 Å². The van der Waals surface area contributed by atoms with Crippen LogP contribution in [0.2, 0.25) is 0 Å². The summed E-state index contributed by atoms with van der Waals surface area (Å²) < 4.78 is 0. The van der Waals surface area contributed by atoms with Crippen molar-refractivity contribution in [3.63, 3.8) is 0 Å². The standard InChI is InChI=1S/C12H22N2/c1-4-12(13-7-1)5-8-14(9-6-12)10-11-2-3-11/h11,13H,1-10H2. The third-order valence-corrected chi connectivity index (χ3v) is 4.36. The number of rotatable bonds is 2. The zero-order valence-corrected chi connectivity index (χ0v) is 9.10. The first-order valence-electron chi connectivity index (χ1n) is 6.34. The number of piperidine rings is 1. The second-order valence-electron chi connectivity index (χ2n) is 5.55. The maximum Gasteiger partial charge on any atom is 0.0206 e. The van der Waals surface area contributed by atoms with Gasteiger partial charge < -0.3 is 10.2 Å². The summed E-state index contributed by atoms with van der Waals surface area (Å²) in [6.45, 7) is 5.37. The molecule has 0 aromatic rings. The highest BCUT2D eigenvalue weighted by atomic mass is 15.2. The third kappa shape index (κ3) is 1.82. The lowest BCUT2D eigenvalue weighted by Crippen LogP contribution is -2.50. The van der Waals surface area contributed by atoms with E-state index in [1.807, 2.05) is 0 Å². The lowest BCUT2D eigenvalue weighted by molar-refractivity contribution is 0.144. The zero-order chi connectivity index (χ0) is 9.43. The van der Waals surface area contributed by atoms with Crippen LogP contribution < -0.4 is 5.32 Å². The van der Waals surface area contributed by atoms with Gasteiger partial charge in [0.1, 0.15) is 0 Å². The summed E-state index contributed by atoms with van der Waals surface area (Å²) >= 11 is 0. The Kier molecular flexibility index (Phi) is 2.29. The zero-order valence-electron chi connectivity index (χ0n) is 9.10. The number of nitrogens with one attached hydrogen (secondary N) is 1. The Morgan fingerprint density at radius 1 is 1.14 bits per heavy atom. The molecule has 2 aliphatic heterocycles. The summed E-state index contributed by atoms with van der Waals surface area (Å²) in [4.78, 5) is 2.70. The van der Waals surface area contributed by atoms with Gasteiger partial charge in [-0.2, -0.15) is 0 Å². The highest BCUT2D eigenvalue weighted by molar-refractivity contribution is 4.97. The molecule has 1 aliphatic carbocycles. The van der Waals surface area contributed by atoms with Gasteiger partial charge in [-0.25, -0.2) is 0 Å². The van der Waals surface area contributed by atoms with Crippen molar-refractivity contribution in [1.82, 2.24) is 10.2 Å². The summed E-state index contributed by atoms with van der Waals surface area (Å²) in [5.41, 5.74) is 0.569. The summed E-state index contributed by atoms with van der Waals surface area (Å²) in [5, 5.41) is 3.73. The van der Waals surface area contributed by atoms with Crippen molar-refractivity contribution in [1.29, 1.82) is 0 Å². The molecule has 0 aromatic carbocycles. The predicted molar refractivity (Wildman–Crippen MR) is 58.4 cm³/mol. The molecule has 0 amide bonds. The van der Waals surface area contributed by atoms with E-state index in [0.717, 1.165) is 5.92 Å². The van der Waals surface area contributed by atoms with Crippen LogP contribution in [0.4, 0.5) is 0 Å². The van der Waals surface area contributed by atoms with Crippen molar-refractivity contribution in [2.24, 2.45) is 5.92 Å². The lowest BCUT2D eigenvalue weighted by Gasteiger charge is -2.39. The maximum atomic E-state index is 3.73. The molecule has 1 N–H and O–H groups in total. The Bertz CT molecular complexity index is 194. The number of likely N-dealkylation sites (tertiary alicyclic amines) is 1. The van der Waals surface area contributed by atoms with E-state index in [9.17, 15) is 0 Å². The first-order chi connectivity index (χ1) is 6.86. The summed E-state index contributed by atoms with van der Waals surface area (Å²) in [6.07, 6.45) is 8.64. The van der Waals surface area contributed by atoms with Crippen LogP contribution in [0.3, 0.4) is 0 Å². The van der Waals surface area contributed by atoms with Gasteiger partial charge in [0, 0.05) is 12.1 Å². The molecule has 0 bridgehead atoms. The summed E-state index contributed by atoms with van der Waals surface area (Å²) in [6, 6.07) is 0. The van der Waals surface area contributed by atoms with E-state index in [2.05, 4.69) is 10.2 Å². The van der Waals surface area contributed by atoms with Gasteiger partial charge in [-0.1, -0.05) is 0 Å². The van der Waals surface area contributed by atoms with E-state index in [1.54, 1.807) is 0 Å². The molecule has 2 heteroatoms. The average molecular weight is 194 g/mol. The van der Waals surface area contributed by atoms with Gasteiger partial charge in [-0.05, 0) is 64.1 Å². The van der Waals surface area contributed by atoms with Crippen LogP contribution in [0, 0.1) is 5.92 Å². The van der Waals surface area contributed by atoms with Gasteiger partial charge in [0.25, 0.3) is 0 Å². The molecular formula is C12H22N2. The molecule has 14 heavy (non-hydrogen) atoms. The Morgan fingerprint density at radius 2 is 1.93 bits per heavy atom. The van der Waals surface area contributed by atoms with Gasteiger partial charge in [-0.15, -0.1) is 0 Å². The molecule has 2 saturated heterocycles. The van der Waals surface area contributed by atoms with Crippen LogP contribution in [0.1, 0.15) is 38.5 Å². The van der Waals surface area contributed by atoms with Crippen LogP contribution in [0.15, 0.2) is 0 Å². The molecule has 3 aliphatic rings. The second kappa shape index (κ2) is 3.49. The average Bonchev–Trinajstić information content (AvgIpc) is 2.91. The first-order valence-corrected chi connectivity index (χ1v) is 6.34. The maximum absolute atomic E-state index is 3.73. The van der Waals surface area contributed by atoms with E-state index in [4.69, 9.17) is 0 Å². The highest BCUT2D eigenvalue weighted by Crippen LogP contribution is 2.34. The molecule has 0 aromatic heterocycles. The van der Waals surface area contributed by atoms with Crippen LogP contribution in [-0.2, 0) is 0 Å². The minimum Gasteiger partial charge on any atom is -0.311 e. The molecule has 0 radical (unpaired) electrons. The molecule has 3 fully saturated rings. The van der Waals surface area contributed by atoms with Crippen molar-refractivity contribution >= 4 is 0 Å². The third-order valence-electron chi connectivity index (χ3n) is 4.36. The van der Waals surface area contributed by atoms with Crippen molar-refractivity contribution in [2.75, 3.05) is 26.2 Å². The van der Waals surface area contributed by atoms with E-state index < -0.39 is 0 Å². The molecule has 1 spiro atoms. The number of nitrogens with zero attached hydrogens (tertiary/aromatic N) is 1. The summed E-state index contributed by atoms with van der Waals surface area (Å²) in [7, 11) is 0. The predicted octanol–water partition coefficient (Wildman–Crippen LogP) is 1.61. The van der Waals surface area contributed by atoms with Crippen LogP contribution in [-0.4, -0.2) is 36.6 Å². The van der Waals surface area contributed by atoms with E-state index in [-0.39, 0.29) is 0 Å². The largest absolute Gasteiger partial charge is 0.311 e. The van der Waals surface area contributed by atoms with Gasteiger partial charge in [0.2, 0.25) is 0 Å². The van der Waals surface area contributed by atoms with E-state index in [0.29, 0.717) is 5.54 Å². The topological polar surface area (TPSA) is 15.3 Å². The highest BCUT2D eigenvalue weighted by Gasteiger charge is 2.37. The molecule has 2 nitrogen and oxygen atoms in total. The molecule has 3 rings (SSSR count). The van der Waals surface area contributed by atoms with Crippen LogP contribution in [0.5, 0.6) is 0 Å². The van der Waals surface area contributed by atoms with E-state index >= 15 is 0 Å². The van der Waals surface area contributed by atoms with Gasteiger partial charge in [-0.3, -0.25) is 0 Å². The Hall–Kier alpha value is -0.0800. The molecule has 1 saturated carbocycles. The fourth-order valence-corrected chi connectivity index (χ4v) is 3.12. The van der Waals surface area contributed by atoms with Crippen molar-refractivity contribution in [2.45, 2.75) is 44.1 Å². The smallest absolute Gasteiger partial charge is 0.0206 e. The lowest BCUT2D eigenvalue weighted by atomic mass is 9.86. The molecule has 80 valence electrons. The van der Waals surface area contributed by atoms with Crippen LogP contribution >= 0.6 is 0 Å². The minimum absolute atomic E-state index is 0.569. The van der Waals surface area contributed by atoms with Crippen LogP contribution in [0.25, 0.3) is 0 Å². The van der Waals surface area contributed by atoms with Crippen molar-refractivity contribution in [3.8, 4) is 0 Å². The minimum atomic E-state index is 0.569. The van der Waals surface area contributed by atoms with E-state index in [1.165, 1.54) is 64.7 Å². The quantitative estimate of drug-likeness (QED) is 0.718. The Labute approximate surface area is 87.0 Å². The van der Waals surface area contributed by atoms with Crippen molar-refractivity contribution in [3.05, 3.63) is 0 Å². The molecule has 2 heterocycles. The SMILES string of the molecule is C1CNC2(C1)CCN(CC1CC1)CC2. The number of hydrogen-bond donors (Lipinski definition) is 1. The normalized spacial score (nSPS) is 32.6.